The van der Waals surface area contributed by atoms with Gasteiger partial charge in [0.1, 0.15) is 23.4 Å². The molecule has 1 fully saturated rings. The van der Waals surface area contributed by atoms with Gasteiger partial charge in [-0.05, 0) is 80.8 Å². The fourth-order valence-corrected chi connectivity index (χ4v) is 4.49. The summed E-state index contributed by atoms with van der Waals surface area (Å²) in [5.41, 5.74) is 7.64. The lowest BCUT2D eigenvalue weighted by Crippen LogP contribution is -2.38. The van der Waals surface area contributed by atoms with Crippen molar-refractivity contribution in [1.29, 1.82) is 0 Å². The van der Waals surface area contributed by atoms with Crippen LogP contribution in [0.5, 0.6) is 23.0 Å². The van der Waals surface area contributed by atoms with Crippen LogP contribution >= 0.6 is 0 Å². The molecule has 3 N–H and O–H groups in total. The van der Waals surface area contributed by atoms with Gasteiger partial charge in [-0.1, -0.05) is 13.3 Å². The Hall–Kier alpha value is -3.78. The number of nitrogens with two attached hydrogens (primary N) is 1. The highest BCUT2D eigenvalue weighted by molar-refractivity contribution is 6.04. The lowest BCUT2D eigenvalue weighted by atomic mass is 10.1. The summed E-state index contributed by atoms with van der Waals surface area (Å²) in [6, 6.07) is 14.5. The van der Waals surface area contributed by atoms with Crippen molar-refractivity contribution >= 4 is 17.3 Å². The molecule has 4 rings (SSSR count). The van der Waals surface area contributed by atoms with Gasteiger partial charge in [-0.25, -0.2) is 4.39 Å². The number of likely N-dealkylation sites (tertiary alicyclic amines) is 1. The number of hydrogen-bond acceptors (Lipinski definition) is 6. The van der Waals surface area contributed by atoms with Gasteiger partial charge in [0.2, 0.25) is 0 Å². The second kappa shape index (κ2) is 12.6. The van der Waals surface area contributed by atoms with E-state index < -0.39 is 11.7 Å². The fourth-order valence-electron chi connectivity index (χ4n) is 4.49. The molecule has 0 radical (unpaired) electrons. The Labute approximate surface area is 223 Å². The van der Waals surface area contributed by atoms with Crippen molar-refractivity contribution in [2.45, 2.75) is 45.6 Å². The van der Waals surface area contributed by atoms with E-state index >= 15 is 0 Å². The van der Waals surface area contributed by atoms with Crippen molar-refractivity contribution in [3.63, 3.8) is 0 Å². The van der Waals surface area contributed by atoms with Crippen LogP contribution < -0.4 is 25.3 Å². The van der Waals surface area contributed by atoms with Crippen LogP contribution in [0.2, 0.25) is 0 Å². The fraction of sp³-hybridized carbons (Fsp3) is 0.367. The van der Waals surface area contributed by atoms with Gasteiger partial charge >= 0.3 is 0 Å². The van der Waals surface area contributed by atoms with Gasteiger partial charge in [0.15, 0.2) is 11.5 Å². The minimum Gasteiger partial charge on any atom is -0.493 e. The highest BCUT2D eigenvalue weighted by Crippen LogP contribution is 2.34. The predicted molar refractivity (Wildman–Crippen MR) is 148 cm³/mol. The number of unbranched alkanes of at least 4 members (excludes halogenated alkanes) is 1. The zero-order valence-corrected chi connectivity index (χ0v) is 22.3. The summed E-state index contributed by atoms with van der Waals surface area (Å²) in [5.74, 6) is 0.848. The number of hydrogen-bond donors (Lipinski definition) is 2. The summed E-state index contributed by atoms with van der Waals surface area (Å²) in [5, 5.41) is 2.64. The van der Waals surface area contributed by atoms with Crippen molar-refractivity contribution in [1.82, 2.24) is 4.90 Å². The lowest BCUT2D eigenvalue weighted by Gasteiger charge is -2.32. The molecule has 8 heteroatoms. The molecule has 3 aromatic rings. The molecule has 0 unspecified atom stereocenters. The topological polar surface area (TPSA) is 86.0 Å². The minimum atomic E-state index is -0.618. The maximum absolute atomic E-state index is 14.8. The van der Waals surface area contributed by atoms with E-state index in [4.69, 9.17) is 19.9 Å². The number of nitrogens with zero attached hydrogens (tertiary/aromatic N) is 1. The van der Waals surface area contributed by atoms with E-state index in [0.717, 1.165) is 43.8 Å². The third-order valence-corrected chi connectivity index (χ3v) is 6.70. The highest BCUT2D eigenvalue weighted by Gasteiger charge is 2.21. The largest absolute Gasteiger partial charge is 0.493 e. The number of ether oxygens (including phenoxy) is 3. The highest BCUT2D eigenvalue weighted by atomic mass is 19.1. The van der Waals surface area contributed by atoms with E-state index in [9.17, 15) is 9.18 Å². The van der Waals surface area contributed by atoms with Gasteiger partial charge < -0.3 is 30.2 Å². The molecule has 7 nitrogen and oxygen atoms in total. The number of anilines is 2. The smallest absolute Gasteiger partial charge is 0.255 e. The van der Waals surface area contributed by atoms with Crippen LogP contribution in [-0.2, 0) is 0 Å². The molecule has 1 aliphatic heterocycles. The van der Waals surface area contributed by atoms with Gasteiger partial charge in [-0.3, -0.25) is 4.79 Å². The second-order valence-electron chi connectivity index (χ2n) is 9.60. The predicted octanol–water partition coefficient (Wildman–Crippen LogP) is 6.41. The molecule has 0 saturated carbocycles. The van der Waals surface area contributed by atoms with Crippen molar-refractivity contribution in [3.05, 3.63) is 71.5 Å². The molecule has 1 saturated heterocycles. The van der Waals surface area contributed by atoms with Crippen LogP contribution in [0.3, 0.4) is 0 Å². The molecule has 0 aromatic heterocycles. The van der Waals surface area contributed by atoms with Crippen LogP contribution in [0.4, 0.5) is 15.8 Å². The monoisotopic (exact) mass is 521 g/mol. The van der Waals surface area contributed by atoms with Crippen molar-refractivity contribution in [2.24, 2.45) is 0 Å². The number of aryl methyl sites for hydroxylation is 1. The summed E-state index contributed by atoms with van der Waals surface area (Å²) >= 11 is 0. The average molecular weight is 522 g/mol. The van der Waals surface area contributed by atoms with Crippen LogP contribution in [0.15, 0.2) is 54.6 Å². The van der Waals surface area contributed by atoms with Crippen LogP contribution in [-0.4, -0.2) is 43.7 Å². The number of nitrogen functional groups attached to an aromatic ring is 1. The first-order valence-corrected chi connectivity index (χ1v) is 13.1. The summed E-state index contributed by atoms with van der Waals surface area (Å²) in [7, 11) is 1.50. The van der Waals surface area contributed by atoms with Gasteiger partial charge in [-0.15, -0.1) is 0 Å². The molecule has 1 heterocycles. The standard InChI is InChI=1S/C30H36FN3O4/c1-4-5-14-34-15-12-23(13-16-34)37-27-10-6-21(17-20(27)2)30(35)33-26-9-8-24(19-25(26)31)38-28-11-7-22(32)18-29(28)36-3/h6-11,17-19,23H,4-5,12-16,32H2,1-3H3,(H,33,35). The number of carbonyl (C=O) groups excluding carboxylic acids is 1. The summed E-state index contributed by atoms with van der Waals surface area (Å²) in [6.07, 6.45) is 4.61. The van der Waals surface area contributed by atoms with E-state index in [2.05, 4.69) is 17.1 Å². The van der Waals surface area contributed by atoms with Crippen LogP contribution in [0.25, 0.3) is 0 Å². The maximum atomic E-state index is 14.8. The number of methoxy groups -OCH3 is 1. The van der Waals surface area contributed by atoms with Crippen molar-refractivity contribution in [3.8, 4) is 23.0 Å². The van der Waals surface area contributed by atoms with E-state index in [1.54, 1.807) is 36.4 Å². The number of rotatable bonds is 10. The third-order valence-electron chi connectivity index (χ3n) is 6.70. The lowest BCUT2D eigenvalue weighted by molar-refractivity contribution is 0.0991. The summed E-state index contributed by atoms with van der Waals surface area (Å²) in [6.45, 7) is 7.38. The number of nitrogens with one attached hydrogen (secondary N) is 1. The molecular weight excluding hydrogens is 485 g/mol. The molecule has 38 heavy (non-hydrogen) atoms. The molecule has 1 amide bonds. The molecule has 3 aromatic carbocycles. The Morgan fingerprint density at radius 3 is 2.50 bits per heavy atom. The number of carbonyl (C=O) groups is 1. The first-order valence-electron chi connectivity index (χ1n) is 13.1. The maximum Gasteiger partial charge on any atom is 0.255 e. The molecular formula is C30H36FN3O4. The van der Waals surface area contributed by atoms with Gasteiger partial charge in [0.25, 0.3) is 5.91 Å². The first kappa shape index (κ1) is 27.3. The molecule has 202 valence electrons. The Balaban J connectivity index is 1.35. The van der Waals surface area contributed by atoms with E-state index in [0.29, 0.717) is 22.7 Å². The molecule has 0 bridgehead atoms. The minimum absolute atomic E-state index is 0.0550. The molecule has 0 aliphatic carbocycles. The zero-order valence-electron chi connectivity index (χ0n) is 22.3. The van der Waals surface area contributed by atoms with Crippen LogP contribution in [0, 0.1) is 12.7 Å². The van der Waals surface area contributed by atoms with Gasteiger partial charge in [0.05, 0.1) is 12.8 Å². The Bertz CT molecular complexity index is 1260. The summed E-state index contributed by atoms with van der Waals surface area (Å²) < 4.78 is 32.1. The Kier molecular flexibility index (Phi) is 9.07. The zero-order chi connectivity index (χ0) is 27.1. The molecule has 0 atom stereocenters. The summed E-state index contributed by atoms with van der Waals surface area (Å²) in [4.78, 5) is 15.3. The van der Waals surface area contributed by atoms with E-state index in [1.807, 2.05) is 13.0 Å². The Morgan fingerprint density at radius 2 is 1.82 bits per heavy atom. The number of halogens is 1. The third kappa shape index (κ3) is 6.95. The number of piperidine rings is 1. The normalized spacial score (nSPS) is 14.2. The Morgan fingerprint density at radius 1 is 1.05 bits per heavy atom. The number of benzene rings is 3. The van der Waals surface area contributed by atoms with Crippen LogP contribution in [0.1, 0.15) is 48.5 Å². The van der Waals surface area contributed by atoms with E-state index in [-0.39, 0.29) is 17.5 Å². The first-order chi connectivity index (χ1) is 18.4. The molecule has 0 spiro atoms. The molecule has 1 aliphatic rings. The van der Waals surface area contributed by atoms with Crippen molar-refractivity contribution in [2.75, 3.05) is 37.8 Å². The average Bonchev–Trinajstić information content (AvgIpc) is 2.91. The number of amides is 1. The van der Waals surface area contributed by atoms with Gasteiger partial charge in [-0.2, -0.15) is 0 Å². The van der Waals surface area contributed by atoms with Crippen molar-refractivity contribution < 1.29 is 23.4 Å². The van der Waals surface area contributed by atoms with Gasteiger partial charge in [0, 0.05) is 36.5 Å². The van der Waals surface area contributed by atoms with E-state index in [1.165, 1.54) is 32.1 Å². The SMILES string of the molecule is CCCCN1CCC(Oc2ccc(C(=O)Nc3ccc(Oc4ccc(N)cc4OC)cc3F)cc2C)CC1. The quantitative estimate of drug-likeness (QED) is 0.300. The second-order valence-corrected chi connectivity index (χ2v) is 9.60.